The first-order chi connectivity index (χ1) is 7.52. The molecule has 0 heterocycles. The van der Waals surface area contributed by atoms with Crippen LogP contribution in [-0.4, -0.2) is 17.4 Å². The zero-order chi connectivity index (χ0) is 12.6. The van der Waals surface area contributed by atoms with Gasteiger partial charge in [-0.25, -0.2) is 4.79 Å². The van der Waals surface area contributed by atoms with Crippen molar-refractivity contribution in [2.45, 2.75) is 33.0 Å². The summed E-state index contributed by atoms with van der Waals surface area (Å²) in [5.41, 5.74) is 0.422. The van der Waals surface area contributed by atoms with Crippen LogP contribution in [0.15, 0.2) is 36.8 Å². The second-order valence-corrected chi connectivity index (χ2v) is 3.09. The highest BCUT2D eigenvalue weighted by atomic mass is 16.6. The van der Waals surface area contributed by atoms with E-state index in [-0.39, 0.29) is 5.76 Å². The first-order valence-electron chi connectivity index (χ1n) is 5.10. The fraction of sp³-hybridized carbons (Fsp3) is 0.417. The maximum atomic E-state index is 11.3. The van der Waals surface area contributed by atoms with E-state index >= 15 is 0 Å². The minimum Gasteiger partial charge on any atom is -0.458 e. The van der Waals surface area contributed by atoms with Gasteiger partial charge in [-0.1, -0.05) is 20.4 Å². The highest BCUT2D eigenvalue weighted by molar-refractivity contribution is 5.85. The molecule has 0 rings (SSSR count). The number of hydrogen-bond donors (Lipinski definition) is 1. The number of allylic oxidation sites excluding steroid dienone is 1. The maximum absolute atomic E-state index is 11.3. The van der Waals surface area contributed by atoms with E-state index in [1.165, 1.54) is 6.26 Å². The Bertz CT molecular complexity index is 291. The van der Waals surface area contributed by atoms with Crippen molar-refractivity contribution in [1.82, 2.24) is 0 Å². The summed E-state index contributed by atoms with van der Waals surface area (Å²) in [5, 5.41) is 9.35. The molecule has 4 nitrogen and oxygen atoms in total. The number of carbonyl (C=O) groups excluding carboxylic acids is 1. The molecule has 1 atom stereocenters. The lowest BCUT2D eigenvalue weighted by Crippen LogP contribution is -2.20. The molecular weight excluding hydrogens is 208 g/mol. The van der Waals surface area contributed by atoms with Crippen LogP contribution in [-0.2, 0) is 14.3 Å². The normalized spacial score (nSPS) is 12.2. The van der Waals surface area contributed by atoms with Gasteiger partial charge in [-0.15, -0.1) is 0 Å². The van der Waals surface area contributed by atoms with Gasteiger partial charge in [0.25, 0.3) is 0 Å². The van der Waals surface area contributed by atoms with E-state index in [0.717, 1.165) is 6.42 Å². The van der Waals surface area contributed by atoms with Crippen LogP contribution in [0.3, 0.4) is 0 Å². The Balaban J connectivity index is 4.10. The van der Waals surface area contributed by atoms with Gasteiger partial charge in [-0.05, 0) is 31.1 Å². The summed E-state index contributed by atoms with van der Waals surface area (Å²) >= 11 is 0. The number of aliphatic hydroxyl groups excluding tert-OH is 1. The van der Waals surface area contributed by atoms with E-state index in [2.05, 4.69) is 17.9 Å². The molecule has 0 spiro atoms. The van der Waals surface area contributed by atoms with E-state index in [0.29, 0.717) is 12.0 Å². The Morgan fingerprint density at radius 1 is 1.44 bits per heavy atom. The SMILES string of the molecule is C=C(O/C=C/CC)C(=O)OC(O)C(=C)CC. The third-order valence-electron chi connectivity index (χ3n) is 1.79. The van der Waals surface area contributed by atoms with Gasteiger partial charge in [-0.2, -0.15) is 0 Å². The van der Waals surface area contributed by atoms with Crippen molar-refractivity contribution in [3.8, 4) is 0 Å². The highest BCUT2D eigenvalue weighted by Gasteiger charge is 2.16. The smallest absolute Gasteiger partial charge is 0.376 e. The summed E-state index contributed by atoms with van der Waals surface area (Å²) in [5.74, 6) is -0.976. The molecule has 0 saturated heterocycles. The lowest BCUT2D eigenvalue weighted by molar-refractivity contribution is -0.160. The summed E-state index contributed by atoms with van der Waals surface area (Å²) in [6.45, 7) is 10.7. The van der Waals surface area contributed by atoms with Crippen molar-refractivity contribution in [2.75, 3.05) is 0 Å². The van der Waals surface area contributed by atoms with Gasteiger partial charge in [0.1, 0.15) is 0 Å². The van der Waals surface area contributed by atoms with Crippen LogP contribution in [0.5, 0.6) is 0 Å². The van der Waals surface area contributed by atoms with Gasteiger partial charge < -0.3 is 14.6 Å². The molecule has 90 valence electrons. The summed E-state index contributed by atoms with van der Waals surface area (Å²) in [4.78, 5) is 11.3. The molecule has 0 aliphatic carbocycles. The number of carbonyl (C=O) groups is 1. The Morgan fingerprint density at radius 3 is 2.56 bits per heavy atom. The minimum absolute atomic E-state index is 0.173. The molecule has 0 aliphatic rings. The Kier molecular flexibility index (Phi) is 6.96. The molecule has 0 amide bonds. The van der Waals surface area contributed by atoms with Crippen molar-refractivity contribution < 1.29 is 19.4 Å². The number of ether oxygens (including phenoxy) is 2. The zero-order valence-electron chi connectivity index (χ0n) is 9.73. The fourth-order valence-electron chi connectivity index (χ4n) is 0.700. The molecule has 0 aromatic heterocycles. The first-order valence-corrected chi connectivity index (χ1v) is 5.10. The van der Waals surface area contributed by atoms with Crippen molar-refractivity contribution in [1.29, 1.82) is 0 Å². The largest absolute Gasteiger partial charge is 0.458 e. The minimum atomic E-state index is -1.31. The third kappa shape index (κ3) is 5.36. The predicted octanol–water partition coefficient (Wildman–Crippen LogP) is 2.27. The van der Waals surface area contributed by atoms with E-state index in [9.17, 15) is 9.90 Å². The summed E-state index contributed by atoms with van der Waals surface area (Å²) in [6.07, 6.45) is 3.08. The molecule has 16 heavy (non-hydrogen) atoms. The van der Waals surface area contributed by atoms with Crippen molar-refractivity contribution in [3.63, 3.8) is 0 Å². The van der Waals surface area contributed by atoms with E-state index < -0.39 is 12.3 Å². The second kappa shape index (κ2) is 7.70. The third-order valence-corrected chi connectivity index (χ3v) is 1.79. The molecule has 1 N–H and O–H groups in total. The second-order valence-electron chi connectivity index (χ2n) is 3.09. The summed E-state index contributed by atoms with van der Waals surface area (Å²) in [6, 6.07) is 0. The standard InChI is InChI=1S/C12H18O4/c1-5-7-8-15-10(4)12(14)16-11(13)9(3)6-2/h7-8,11,13H,3-6H2,1-2H3/b8-7+. The van der Waals surface area contributed by atoms with E-state index in [1.807, 2.05) is 6.92 Å². The van der Waals surface area contributed by atoms with Crippen LogP contribution in [0.25, 0.3) is 0 Å². The van der Waals surface area contributed by atoms with Gasteiger partial charge in [-0.3, -0.25) is 0 Å². The van der Waals surface area contributed by atoms with Crippen molar-refractivity contribution in [2.24, 2.45) is 0 Å². The number of aliphatic hydroxyl groups is 1. The van der Waals surface area contributed by atoms with Crippen LogP contribution in [0.1, 0.15) is 26.7 Å². The van der Waals surface area contributed by atoms with Gasteiger partial charge in [0.05, 0.1) is 6.26 Å². The highest BCUT2D eigenvalue weighted by Crippen LogP contribution is 2.08. The molecule has 0 saturated carbocycles. The number of esters is 1. The van der Waals surface area contributed by atoms with Crippen LogP contribution in [0.2, 0.25) is 0 Å². The fourth-order valence-corrected chi connectivity index (χ4v) is 0.700. The van der Waals surface area contributed by atoms with Gasteiger partial charge >= 0.3 is 5.97 Å². The first kappa shape index (κ1) is 14.5. The Hall–Kier alpha value is -1.55. The van der Waals surface area contributed by atoms with Crippen LogP contribution in [0.4, 0.5) is 0 Å². The van der Waals surface area contributed by atoms with Crippen LogP contribution in [0, 0.1) is 0 Å². The summed E-state index contributed by atoms with van der Waals surface area (Å²) in [7, 11) is 0. The average molecular weight is 226 g/mol. The monoisotopic (exact) mass is 226 g/mol. The molecule has 0 aromatic carbocycles. The molecule has 0 aliphatic heterocycles. The number of hydrogen-bond acceptors (Lipinski definition) is 4. The lowest BCUT2D eigenvalue weighted by atomic mass is 10.2. The zero-order valence-corrected chi connectivity index (χ0v) is 9.73. The van der Waals surface area contributed by atoms with Gasteiger partial charge in [0.15, 0.2) is 0 Å². The van der Waals surface area contributed by atoms with Crippen molar-refractivity contribution in [3.05, 3.63) is 36.8 Å². The topological polar surface area (TPSA) is 55.8 Å². The Labute approximate surface area is 95.9 Å². The molecule has 0 bridgehead atoms. The lowest BCUT2D eigenvalue weighted by Gasteiger charge is -2.13. The Morgan fingerprint density at radius 2 is 2.06 bits per heavy atom. The number of rotatable bonds is 7. The molecular formula is C12H18O4. The predicted molar refractivity (Wildman–Crippen MR) is 61.2 cm³/mol. The van der Waals surface area contributed by atoms with Gasteiger partial charge in [0.2, 0.25) is 12.0 Å². The van der Waals surface area contributed by atoms with E-state index in [4.69, 9.17) is 4.74 Å². The maximum Gasteiger partial charge on any atom is 0.376 e. The van der Waals surface area contributed by atoms with Crippen LogP contribution >= 0.6 is 0 Å². The molecule has 4 heteroatoms. The summed E-state index contributed by atoms with van der Waals surface area (Å²) < 4.78 is 9.52. The van der Waals surface area contributed by atoms with E-state index in [1.54, 1.807) is 13.0 Å². The average Bonchev–Trinajstić information content (AvgIpc) is 2.27. The molecule has 0 aromatic rings. The molecule has 0 fully saturated rings. The molecule has 0 radical (unpaired) electrons. The van der Waals surface area contributed by atoms with Gasteiger partial charge in [0, 0.05) is 0 Å². The van der Waals surface area contributed by atoms with Crippen LogP contribution < -0.4 is 0 Å². The molecule has 1 unspecified atom stereocenters. The van der Waals surface area contributed by atoms with Crippen molar-refractivity contribution >= 4 is 5.97 Å². The quantitative estimate of drug-likeness (QED) is 0.238.